The van der Waals surface area contributed by atoms with Crippen molar-refractivity contribution in [3.05, 3.63) is 36.2 Å². The maximum Gasteiger partial charge on any atom is 0.231 e. The Kier molecular flexibility index (Phi) is 3.03. The summed E-state index contributed by atoms with van der Waals surface area (Å²) in [5.41, 5.74) is 3.39. The maximum atomic E-state index is 5.55. The van der Waals surface area contributed by atoms with Crippen molar-refractivity contribution in [2.45, 2.75) is 6.61 Å². The van der Waals surface area contributed by atoms with Gasteiger partial charge in [-0.05, 0) is 17.7 Å². The quantitative estimate of drug-likeness (QED) is 0.627. The molecular formula is C12H12N4O3. The molecule has 0 fully saturated rings. The van der Waals surface area contributed by atoms with Gasteiger partial charge in [0.25, 0.3) is 0 Å². The number of hydrazine groups is 1. The van der Waals surface area contributed by atoms with Crippen LogP contribution in [0.25, 0.3) is 0 Å². The predicted octanol–water partition coefficient (Wildman–Crippen LogP) is 1.07. The number of benzene rings is 1. The van der Waals surface area contributed by atoms with E-state index in [2.05, 4.69) is 15.4 Å². The van der Waals surface area contributed by atoms with Gasteiger partial charge in [0, 0.05) is 6.07 Å². The summed E-state index contributed by atoms with van der Waals surface area (Å²) in [6.07, 6.45) is 1.38. The largest absolute Gasteiger partial charge is 0.473 e. The van der Waals surface area contributed by atoms with Crippen molar-refractivity contribution in [1.82, 2.24) is 9.97 Å². The van der Waals surface area contributed by atoms with E-state index in [0.717, 1.165) is 17.1 Å². The Bertz CT molecular complexity index is 591. The van der Waals surface area contributed by atoms with Crippen molar-refractivity contribution in [1.29, 1.82) is 0 Å². The summed E-state index contributed by atoms with van der Waals surface area (Å²) in [4.78, 5) is 7.89. The van der Waals surface area contributed by atoms with Crippen LogP contribution in [0.1, 0.15) is 5.56 Å². The summed E-state index contributed by atoms with van der Waals surface area (Å²) in [7, 11) is 0. The van der Waals surface area contributed by atoms with Crippen molar-refractivity contribution >= 4 is 5.82 Å². The lowest BCUT2D eigenvalue weighted by Gasteiger charge is -2.07. The van der Waals surface area contributed by atoms with Crippen molar-refractivity contribution in [3.8, 4) is 17.4 Å². The topological polar surface area (TPSA) is 91.5 Å². The molecule has 0 bridgehead atoms. The first-order valence-electron chi connectivity index (χ1n) is 5.65. The number of nitrogens with two attached hydrogens (primary N) is 1. The van der Waals surface area contributed by atoms with Crippen LogP contribution in [0.3, 0.4) is 0 Å². The third-order valence-electron chi connectivity index (χ3n) is 2.61. The lowest BCUT2D eigenvalue weighted by Crippen LogP contribution is -2.09. The van der Waals surface area contributed by atoms with Crippen LogP contribution >= 0.6 is 0 Å². The van der Waals surface area contributed by atoms with E-state index in [1.54, 1.807) is 6.07 Å². The minimum atomic E-state index is 0.261. The van der Waals surface area contributed by atoms with Gasteiger partial charge in [0.05, 0.1) is 0 Å². The molecule has 0 saturated heterocycles. The zero-order valence-corrected chi connectivity index (χ0v) is 10.00. The molecule has 1 aliphatic rings. The molecule has 1 aromatic heterocycles. The third kappa shape index (κ3) is 2.50. The summed E-state index contributed by atoms with van der Waals surface area (Å²) >= 11 is 0. The molecule has 0 atom stereocenters. The van der Waals surface area contributed by atoms with Crippen molar-refractivity contribution in [3.63, 3.8) is 0 Å². The highest BCUT2D eigenvalue weighted by molar-refractivity contribution is 5.44. The van der Waals surface area contributed by atoms with Crippen LogP contribution in [-0.2, 0) is 6.61 Å². The first-order chi connectivity index (χ1) is 9.35. The average Bonchev–Trinajstić information content (AvgIpc) is 2.93. The standard InChI is InChI=1S/C12H12N4O3/c13-16-11-4-12(15-6-14-11)17-5-8-1-2-9-10(3-8)19-7-18-9/h1-4,6H,5,7,13H2,(H,14,15,16). The highest BCUT2D eigenvalue weighted by atomic mass is 16.7. The van der Waals surface area contributed by atoms with Gasteiger partial charge in [-0.25, -0.2) is 15.8 Å². The molecule has 3 rings (SSSR count). The summed E-state index contributed by atoms with van der Waals surface area (Å²) in [6, 6.07) is 7.27. The van der Waals surface area contributed by atoms with Gasteiger partial charge in [-0.15, -0.1) is 0 Å². The molecular weight excluding hydrogens is 248 g/mol. The number of nitrogens with one attached hydrogen (secondary N) is 1. The third-order valence-corrected chi connectivity index (χ3v) is 2.61. The predicted molar refractivity (Wildman–Crippen MR) is 66.7 cm³/mol. The molecule has 0 spiro atoms. The number of anilines is 1. The molecule has 98 valence electrons. The summed E-state index contributed by atoms with van der Waals surface area (Å²) in [6.45, 7) is 0.634. The first kappa shape index (κ1) is 11.5. The molecule has 2 heterocycles. The first-order valence-corrected chi connectivity index (χ1v) is 5.65. The van der Waals surface area contributed by atoms with Gasteiger partial charge in [-0.3, -0.25) is 0 Å². The van der Waals surface area contributed by atoms with Crippen LogP contribution in [0, 0.1) is 0 Å². The number of nitrogens with zero attached hydrogens (tertiary/aromatic N) is 2. The zero-order chi connectivity index (χ0) is 13.1. The monoisotopic (exact) mass is 260 g/mol. The van der Waals surface area contributed by atoms with E-state index < -0.39 is 0 Å². The average molecular weight is 260 g/mol. The molecule has 3 N–H and O–H groups in total. The number of aromatic nitrogens is 2. The Labute approximate surface area is 109 Å². The summed E-state index contributed by atoms with van der Waals surface area (Å²) < 4.78 is 16.1. The number of fused-ring (bicyclic) bond motifs is 1. The molecule has 0 amide bonds. The second-order valence-electron chi connectivity index (χ2n) is 3.86. The van der Waals surface area contributed by atoms with Crippen molar-refractivity contribution in [2.75, 3.05) is 12.2 Å². The Morgan fingerprint density at radius 1 is 1.21 bits per heavy atom. The Morgan fingerprint density at radius 3 is 3.00 bits per heavy atom. The minimum Gasteiger partial charge on any atom is -0.473 e. The maximum absolute atomic E-state index is 5.55. The molecule has 1 aliphatic heterocycles. The molecule has 0 unspecified atom stereocenters. The highest BCUT2D eigenvalue weighted by Crippen LogP contribution is 2.32. The van der Waals surface area contributed by atoms with E-state index in [4.69, 9.17) is 20.1 Å². The van der Waals surface area contributed by atoms with Gasteiger partial charge in [-0.1, -0.05) is 6.07 Å². The molecule has 2 aromatic rings. The van der Waals surface area contributed by atoms with Gasteiger partial charge < -0.3 is 19.6 Å². The van der Waals surface area contributed by atoms with Gasteiger partial charge in [-0.2, -0.15) is 0 Å². The Morgan fingerprint density at radius 2 is 2.11 bits per heavy atom. The van der Waals surface area contributed by atoms with E-state index in [9.17, 15) is 0 Å². The van der Waals surface area contributed by atoms with E-state index >= 15 is 0 Å². The lowest BCUT2D eigenvalue weighted by atomic mass is 10.2. The zero-order valence-electron chi connectivity index (χ0n) is 10.00. The SMILES string of the molecule is NNc1cc(OCc2ccc3c(c2)OCO3)ncn1. The molecule has 0 aliphatic carbocycles. The van der Waals surface area contributed by atoms with Crippen LogP contribution < -0.4 is 25.5 Å². The van der Waals surface area contributed by atoms with Crippen molar-refractivity contribution < 1.29 is 14.2 Å². The van der Waals surface area contributed by atoms with Crippen LogP contribution in [0.5, 0.6) is 17.4 Å². The molecule has 1 aromatic carbocycles. The van der Waals surface area contributed by atoms with Gasteiger partial charge >= 0.3 is 0 Å². The van der Waals surface area contributed by atoms with E-state index in [-0.39, 0.29) is 6.79 Å². The lowest BCUT2D eigenvalue weighted by molar-refractivity contribution is 0.174. The molecule has 0 radical (unpaired) electrons. The fraction of sp³-hybridized carbons (Fsp3) is 0.167. The van der Waals surface area contributed by atoms with Crippen LogP contribution in [0.15, 0.2) is 30.6 Å². The molecule has 19 heavy (non-hydrogen) atoms. The number of hydrogen-bond acceptors (Lipinski definition) is 7. The van der Waals surface area contributed by atoms with Gasteiger partial charge in [0.1, 0.15) is 18.8 Å². The van der Waals surface area contributed by atoms with E-state index in [1.165, 1.54) is 6.33 Å². The van der Waals surface area contributed by atoms with Crippen LogP contribution in [-0.4, -0.2) is 16.8 Å². The number of ether oxygens (including phenoxy) is 3. The second-order valence-corrected chi connectivity index (χ2v) is 3.86. The van der Waals surface area contributed by atoms with Gasteiger partial charge in [0.2, 0.25) is 12.7 Å². The Balaban J connectivity index is 1.68. The molecule has 7 nitrogen and oxygen atoms in total. The van der Waals surface area contributed by atoms with E-state index in [0.29, 0.717) is 18.3 Å². The fourth-order valence-electron chi connectivity index (χ4n) is 1.69. The summed E-state index contributed by atoms with van der Waals surface area (Å²) in [5, 5.41) is 0. The van der Waals surface area contributed by atoms with E-state index in [1.807, 2.05) is 18.2 Å². The number of rotatable bonds is 4. The second kappa shape index (κ2) is 4.99. The fourth-order valence-corrected chi connectivity index (χ4v) is 1.69. The molecule has 0 saturated carbocycles. The Hall–Kier alpha value is -2.54. The number of hydrogen-bond donors (Lipinski definition) is 2. The highest BCUT2D eigenvalue weighted by Gasteiger charge is 2.13. The van der Waals surface area contributed by atoms with Crippen LogP contribution in [0.4, 0.5) is 5.82 Å². The van der Waals surface area contributed by atoms with Crippen molar-refractivity contribution in [2.24, 2.45) is 5.84 Å². The summed E-state index contributed by atoms with van der Waals surface area (Å²) in [5.74, 6) is 7.68. The number of nitrogen functional groups attached to an aromatic ring is 1. The van der Waals surface area contributed by atoms with Gasteiger partial charge in [0.15, 0.2) is 11.5 Å². The smallest absolute Gasteiger partial charge is 0.231 e. The normalized spacial score (nSPS) is 12.3. The molecule has 7 heteroatoms. The van der Waals surface area contributed by atoms with Crippen LogP contribution in [0.2, 0.25) is 0 Å². The minimum absolute atomic E-state index is 0.261.